The minimum absolute atomic E-state index is 0.00358. The Bertz CT molecular complexity index is 1060. The number of aromatic nitrogens is 1. The van der Waals surface area contributed by atoms with Gasteiger partial charge in [0.25, 0.3) is 0 Å². The van der Waals surface area contributed by atoms with Gasteiger partial charge in [-0.3, -0.25) is 4.79 Å². The van der Waals surface area contributed by atoms with Gasteiger partial charge in [-0.1, -0.05) is 69.8 Å². The first-order valence-electron chi connectivity index (χ1n) is 15.5. The van der Waals surface area contributed by atoms with Crippen LogP contribution in [0.2, 0.25) is 0 Å². The number of hydrogen-bond acceptors (Lipinski definition) is 4. The number of carbonyl (C=O) groups excluding carboxylic acids is 2. The van der Waals surface area contributed by atoms with Gasteiger partial charge in [0.05, 0.1) is 10.4 Å². The average molecular weight is 666 g/mol. The lowest BCUT2D eigenvalue weighted by Gasteiger charge is -2.61. The zero-order chi connectivity index (χ0) is 28.1. The highest BCUT2D eigenvalue weighted by molar-refractivity contribution is 9.10. The van der Waals surface area contributed by atoms with Crippen LogP contribution >= 0.6 is 31.9 Å². The van der Waals surface area contributed by atoms with Crippen LogP contribution in [0.1, 0.15) is 109 Å². The van der Waals surface area contributed by atoms with Gasteiger partial charge in [0.1, 0.15) is 10.7 Å². The molecule has 1 heterocycles. The molecule has 5 rings (SSSR count). The fourth-order valence-corrected chi connectivity index (χ4v) is 11.1. The lowest BCUT2D eigenvalue weighted by Crippen LogP contribution is -2.61. The molecule has 0 bridgehead atoms. The summed E-state index contributed by atoms with van der Waals surface area (Å²) in [4.78, 5) is 31.0. The van der Waals surface area contributed by atoms with Crippen LogP contribution < -0.4 is 0 Å². The lowest BCUT2D eigenvalue weighted by molar-refractivity contribution is -0.158. The van der Waals surface area contributed by atoms with Crippen LogP contribution in [0.3, 0.4) is 0 Å². The van der Waals surface area contributed by atoms with Crippen LogP contribution in [0.15, 0.2) is 22.9 Å². The first-order valence-corrected chi connectivity index (χ1v) is 17.2. The summed E-state index contributed by atoms with van der Waals surface area (Å²) < 4.78 is 6.63. The molecule has 4 saturated carbocycles. The van der Waals surface area contributed by atoms with Gasteiger partial charge in [-0.05, 0) is 119 Å². The quantitative estimate of drug-likeness (QED) is 0.166. The van der Waals surface area contributed by atoms with E-state index in [2.05, 4.69) is 71.5 Å². The Morgan fingerprint density at radius 3 is 2.46 bits per heavy atom. The van der Waals surface area contributed by atoms with Crippen molar-refractivity contribution in [1.29, 1.82) is 0 Å². The molecule has 0 N–H and O–H groups in total. The maximum atomic E-state index is 14.1. The van der Waals surface area contributed by atoms with E-state index in [4.69, 9.17) is 4.74 Å². The first kappa shape index (κ1) is 29.7. The van der Waals surface area contributed by atoms with E-state index in [1.165, 1.54) is 44.9 Å². The third-order valence-corrected chi connectivity index (χ3v) is 13.4. The molecular formula is C33H47Br2NO3. The Morgan fingerprint density at radius 1 is 1.05 bits per heavy atom. The van der Waals surface area contributed by atoms with Crippen molar-refractivity contribution in [1.82, 2.24) is 4.98 Å². The van der Waals surface area contributed by atoms with Gasteiger partial charge in [-0.25, -0.2) is 9.78 Å². The van der Waals surface area contributed by atoms with Crippen molar-refractivity contribution in [2.45, 2.75) is 110 Å². The Morgan fingerprint density at radius 2 is 1.77 bits per heavy atom. The topological polar surface area (TPSA) is 56.3 Å². The van der Waals surface area contributed by atoms with E-state index in [-0.39, 0.29) is 28.2 Å². The summed E-state index contributed by atoms with van der Waals surface area (Å²) in [5.41, 5.74) is 0.802. The number of ether oxygens (including phenoxy) is 1. The zero-order valence-electron chi connectivity index (χ0n) is 24.4. The second-order valence-electron chi connectivity index (χ2n) is 14.4. The highest BCUT2D eigenvalue weighted by Gasteiger charge is 2.65. The van der Waals surface area contributed by atoms with Crippen LogP contribution in [-0.2, 0) is 9.53 Å². The molecule has 0 saturated heterocycles. The zero-order valence-corrected chi connectivity index (χ0v) is 27.6. The monoisotopic (exact) mass is 663 g/mol. The molecule has 39 heavy (non-hydrogen) atoms. The summed E-state index contributed by atoms with van der Waals surface area (Å²) in [5.74, 6) is 3.91. The number of fused-ring (bicyclic) bond motifs is 5. The highest BCUT2D eigenvalue weighted by atomic mass is 79.9. The van der Waals surface area contributed by atoms with Crippen molar-refractivity contribution in [3.63, 3.8) is 0 Å². The Kier molecular flexibility index (Phi) is 8.76. The average Bonchev–Trinajstić information content (AvgIpc) is 3.25. The molecular weight excluding hydrogens is 618 g/mol. The number of alkyl halides is 1. The number of ketones is 1. The molecule has 1 aromatic rings. The summed E-state index contributed by atoms with van der Waals surface area (Å²) in [6.45, 7) is 12.1. The standard InChI is InChI=1S/C33H47Br2NO3/c1-19(2)7-6-8-20(3)23-10-11-24-28-25(14-16-32(23,24)4)33(5)15-13-22(17-26(33)30(37)29(28)35)39-31(38)21-9-12-27(34)36-18-21/h9,12,18-20,22-26,28-29H,6-8,10-11,13-17H2,1-5H3/t20-,22+,23-,24+,25+,26-,28+,29+,32-,33-/m1/s1. The van der Waals surface area contributed by atoms with Crippen molar-refractivity contribution >= 4 is 43.6 Å². The molecule has 4 aliphatic carbocycles. The third kappa shape index (κ3) is 5.44. The number of carbonyl (C=O) groups is 2. The molecule has 10 atom stereocenters. The number of rotatable bonds is 7. The molecule has 0 aromatic carbocycles. The Labute approximate surface area is 252 Å². The van der Waals surface area contributed by atoms with Crippen LogP contribution in [0.25, 0.3) is 0 Å². The van der Waals surface area contributed by atoms with Crippen molar-refractivity contribution in [3.05, 3.63) is 28.5 Å². The summed E-state index contributed by atoms with van der Waals surface area (Å²) in [6.07, 6.45) is 12.9. The number of pyridine rings is 1. The second kappa shape index (κ2) is 11.5. The molecule has 216 valence electrons. The van der Waals surface area contributed by atoms with Crippen LogP contribution in [0.4, 0.5) is 0 Å². The van der Waals surface area contributed by atoms with E-state index in [0.29, 0.717) is 45.5 Å². The number of Topliss-reactive ketones (excluding diaryl/α,β-unsaturated/α-hetero) is 1. The maximum absolute atomic E-state index is 14.1. The Balaban J connectivity index is 1.29. The molecule has 0 spiro atoms. The van der Waals surface area contributed by atoms with Crippen molar-refractivity contribution in [3.8, 4) is 0 Å². The normalized spacial score (nSPS) is 40.5. The number of esters is 1. The van der Waals surface area contributed by atoms with E-state index in [1.54, 1.807) is 18.3 Å². The summed E-state index contributed by atoms with van der Waals surface area (Å²) in [6, 6.07) is 3.49. The maximum Gasteiger partial charge on any atom is 0.339 e. The minimum Gasteiger partial charge on any atom is -0.459 e. The molecule has 4 fully saturated rings. The number of nitrogens with zero attached hydrogens (tertiary/aromatic N) is 1. The predicted octanol–water partition coefficient (Wildman–Crippen LogP) is 9.04. The van der Waals surface area contributed by atoms with Crippen molar-refractivity contribution in [2.24, 2.45) is 52.3 Å². The first-order chi connectivity index (χ1) is 18.5. The molecule has 0 unspecified atom stereocenters. The SMILES string of the molecule is CC(C)CCC[C@@H](C)[C@H]1CC[C@H]2[C@@H]3[C@H](Br)C(=O)[C@H]4C[C@@H](OC(=O)c5ccc(Br)nc5)CC[C@]4(C)[C@H]3CC[C@]12C. The largest absolute Gasteiger partial charge is 0.459 e. The van der Waals surface area contributed by atoms with E-state index < -0.39 is 0 Å². The predicted molar refractivity (Wildman–Crippen MR) is 163 cm³/mol. The van der Waals surface area contributed by atoms with Crippen molar-refractivity contribution in [2.75, 3.05) is 0 Å². The van der Waals surface area contributed by atoms with Crippen molar-refractivity contribution < 1.29 is 14.3 Å². The summed E-state index contributed by atoms with van der Waals surface area (Å²) >= 11 is 7.32. The van der Waals surface area contributed by atoms with Crippen LogP contribution in [0.5, 0.6) is 0 Å². The van der Waals surface area contributed by atoms with Gasteiger partial charge in [0.2, 0.25) is 0 Å². The second-order valence-corrected chi connectivity index (χ2v) is 16.2. The molecule has 0 aliphatic heterocycles. The lowest BCUT2D eigenvalue weighted by atomic mass is 9.44. The van der Waals surface area contributed by atoms with E-state index in [0.717, 1.165) is 30.6 Å². The molecule has 4 nitrogen and oxygen atoms in total. The van der Waals surface area contributed by atoms with E-state index >= 15 is 0 Å². The number of hydrogen-bond donors (Lipinski definition) is 0. The summed E-state index contributed by atoms with van der Waals surface area (Å²) in [5, 5.41) is 0. The van der Waals surface area contributed by atoms with Gasteiger partial charge in [-0.15, -0.1) is 0 Å². The van der Waals surface area contributed by atoms with Crippen LogP contribution in [-0.4, -0.2) is 27.7 Å². The fraction of sp³-hybridized carbons (Fsp3) is 0.788. The molecule has 0 amide bonds. The molecule has 0 radical (unpaired) electrons. The van der Waals surface area contributed by atoms with Gasteiger partial charge >= 0.3 is 5.97 Å². The van der Waals surface area contributed by atoms with Gasteiger partial charge < -0.3 is 4.74 Å². The Hall–Kier alpha value is -0.750. The van der Waals surface area contributed by atoms with Gasteiger partial charge in [-0.2, -0.15) is 0 Å². The van der Waals surface area contributed by atoms with Crippen LogP contribution in [0, 0.1) is 52.3 Å². The molecule has 6 heteroatoms. The fourth-order valence-electron chi connectivity index (χ4n) is 9.78. The van der Waals surface area contributed by atoms with E-state index in [1.807, 2.05) is 0 Å². The summed E-state index contributed by atoms with van der Waals surface area (Å²) in [7, 11) is 0. The third-order valence-electron chi connectivity index (χ3n) is 11.9. The molecule has 4 aliphatic rings. The van der Waals surface area contributed by atoms with Gasteiger partial charge in [0, 0.05) is 12.1 Å². The smallest absolute Gasteiger partial charge is 0.339 e. The molecule has 1 aromatic heterocycles. The highest BCUT2D eigenvalue weighted by Crippen LogP contribution is 2.68. The minimum atomic E-state index is -0.340. The van der Waals surface area contributed by atoms with Gasteiger partial charge in [0.15, 0.2) is 5.78 Å². The van der Waals surface area contributed by atoms with E-state index in [9.17, 15) is 9.59 Å². The number of halogens is 2.